The standard InChI is InChI=1S/C20H32N4O3/c1-5-27-18-12-16(6-7-17(18)26-4)14-23-20(22-3)24-10-8-15(9-11-24)13-19(25)21-2/h6-7,12,15H,5,8-11,13-14H2,1-4H3,(H,21,25)(H,22,23). The van der Waals surface area contributed by atoms with E-state index in [1.54, 1.807) is 21.2 Å². The van der Waals surface area contributed by atoms with Gasteiger partial charge in [-0.1, -0.05) is 6.07 Å². The number of hydrogen-bond donors (Lipinski definition) is 2. The van der Waals surface area contributed by atoms with E-state index >= 15 is 0 Å². The molecule has 0 radical (unpaired) electrons. The second-order valence-electron chi connectivity index (χ2n) is 6.63. The molecular formula is C20H32N4O3. The van der Waals surface area contributed by atoms with Crippen molar-refractivity contribution >= 4 is 11.9 Å². The van der Waals surface area contributed by atoms with Crippen LogP contribution in [-0.2, 0) is 11.3 Å². The number of piperidine rings is 1. The summed E-state index contributed by atoms with van der Waals surface area (Å²) in [5, 5.41) is 6.14. The summed E-state index contributed by atoms with van der Waals surface area (Å²) in [4.78, 5) is 18.2. The zero-order valence-electron chi connectivity index (χ0n) is 16.9. The molecule has 27 heavy (non-hydrogen) atoms. The van der Waals surface area contributed by atoms with Crippen molar-refractivity contribution in [3.63, 3.8) is 0 Å². The van der Waals surface area contributed by atoms with Crippen LogP contribution < -0.4 is 20.1 Å². The molecule has 1 fully saturated rings. The van der Waals surface area contributed by atoms with Crippen LogP contribution in [-0.4, -0.2) is 57.7 Å². The first-order valence-corrected chi connectivity index (χ1v) is 9.57. The van der Waals surface area contributed by atoms with Crippen LogP contribution in [0, 0.1) is 5.92 Å². The van der Waals surface area contributed by atoms with E-state index in [0.717, 1.165) is 49.0 Å². The third-order valence-electron chi connectivity index (χ3n) is 4.86. The molecule has 1 heterocycles. The van der Waals surface area contributed by atoms with Crippen molar-refractivity contribution in [2.45, 2.75) is 32.7 Å². The molecule has 0 bridgehead atoms. The summed E-state index contributed by atoms with van der Waals surface area (Å²) < 4.78 is 11.0. The minimum Gasteiger partial charge on any atom is -0.493 e. The highest BCUT2D eigenvalue weighted by Crippen LogP contribution is 2.28. The van der Waals surface area contributed by atoms with E-state index in [9.17, 15) is 4.79 Å². The second kappa shape index (κ2) is 10.6. The highest BCUT2D eigenvalue weighted by molar-refractivity contribution is 5.80. The Hall–Kier alpha value is -2.44. The normalized spacial score (nSPS) is 15.4. The number of guanidine groups is 1. The van der Waals surface area contributed by atoms with Gasteiger partial charge in [-0.3, -0.25) is 9.79 Å². The molecule has 7 nitrogen and oxygen atoms in total. The van der Waals surface area contributed by atoms with Crippen molar-refractivity contribution in [1.82, 2.24) is 15.5 Å². The molecule has 0 atom stereocenters. The number of aliphatic imine (C=N–C) groups is 1. The molecule has 0 aliphatic carbocycles. The van der Waals surface area contributed by atoms with E-state index in [1.807, 2.05) is 25.1 Å². The molecule has 1 amide bonds. The maximum Gasteiger partial charge on any atom is 0.220 e. The van der Waals surface area contributed by atoms with Gasteiger partial charge in [0.2, 0.25) is 5.91 Å². The third kappa shape index (κ3) is 6.05. The number of hydrogen-bond acceptors (Lipinski definition) is 4. The number of methoxy groups -OCH3 is 1. The van der Waals surface area contributed by atoms with Gasteiger partial charge in [0.25, 0.3) is 0 Å². The lowest BCUT2D eigenvalue weighted by molar-refractivity contribution is -0.121. The fraction of sp³-hybridized carbons (Fsp3) is 0.600. The summed E-state index contributed by atoms with van der Waals surface area (Å²) in [6.45, 7) is 5.04. The van der Waals surface area contributed by atoms with Gasteiger partial charge in [-0.2, -0.15) is 0 Å². The Morgan fingerprint density at radius 3 is 2.63 bits per heavy atom. The van der Waals surface area contributed by atoms with Crippen molar-refractivity contribution in [3.05, 3.63) is 23.8 Å². The smallest absolute Gasteiger partial charge is 0.220 e. The number of nitrogens with one attached hydrogen (secondary N) is 2. The lowest BCUT2D eigenvalue weighted by Gasteiger charge is -2.34. The number of carbonyl (C=O) groups excluding carboxylic acids is 1. The maximum absolute atomic E-state index is 11.6. The van der Waals surface area contributed by atoms with Crippen LogP contribution in [0.25, 0.3) is 0 Å². The van der Waals surface area contributed by atoms with Gasteiger partial charge in [0.05, 0.1) is 13.7 Å². The van der Waals surface area contributed by atoms with E-state index in [0.29, 0.717) is 25.5 Å². The monoisotopic (exact) mass is 376 g/mol. The van der Waals surface area contributed by atoms with Crippen LogP contribution in [0.3, 0.4) is 0 Å². The van der Waals surface area contributed by atoms with Crippen molar-refractivity contribution < 1.29 is 14.3 Å². The summed E-state index contributed by atoms with van der Waals surface area (Å²) in [6.07, 6.45) is 2.62. The molecule has 0 spiro atoms. The number of likely N-dealkylation sites (tertiary alicyclic amines) is 1. The summed E-state index contributed by atoms with van der Waals surface area (Å²) >= 11 is 0. The minimum absolute atomic E-state index is 0.126. The van der Waals surface area contributed by atoms with Gasteiger partial charge in [-0.05, 0) is 43.4 Å². The van der Waals surface area contributed by atoms with Crippen molar-refractivity contribution in [2.75, 3.05) is 40.9 Å². The number of rotatable bonds is 7. The van der Waals surface area contributed by atoms with Gasteiger partial charge >= 0.3 is 0 Å². The van der Waals surface area contributed by atoms with Gasteiger partial charge in [-0.15, -0.1) is 0 Å². The second-order valence-corrected chi connectivity index (χ2v) is 6.63. The van der Waals surface area contributed by atoms with Crippen molar-refractivity contribution in [3.8, 4) is 11.5 Å². The zero-order chi connectivity index (χ0) is 19.6. The fourth-order valence-corrected chi connectivity index (χ4v) is 3.33. The Labute approximate surface area is 162 Å². The van der Waals surface area contributed by atoms with E-state index in [-0.39, 0.29) is 5.91 Å². The van der Waals surface area contributed by atoms with E-state index in [2.05, 4.69) is 20.5 Å². The van der Waals surface area contributed by atoms with E-state index in [1.165, 1.54) is 0 Å². The SMILES string of the molecule is CCOc1cc(CNC(=NC)N2CCC(CC(=O)NC)CC2)ccc1OC. The Balaban J connectivity index is 1.89. The quantitative estimate of drug-likeness (QED) is 0.562. The topological polar surface area (TPSA) is 75.2 Å². The molecular weight excluding hydrogens is 344 g/mol. The van der Waals surface area contributed by atoms with Crippen molar-refractivity contribution in [2.24, 2.45) is 10.9 Å². The molecule has 2 N–H and O–H groups in total. The predicted molar refractivity (Wildman–Crippen MR) is 107 cm³/mol. The Morgan fingerprint density at radius 2 is 2.04 bits per heavy atom. The van der Waals surface area contributed by atoms with Crippen LogP contribution in [0.1, 0.15) is 31.7 Å². The van der Waals surface area contributed by atoms with Gasteiger partial charge in [0, 0.05) is 40.2 Å². The molecule has 1 aliphatic heterocycles. The van der Waals surface area contributed by atoms with Crippen molar-refractivity contribution in [1.29, 1.82) is 0 Å². The number of carbonyl (C=O) groups is 1. The highest BCUT2D eigenvalue weighted by atomic mass is 16.5. The summed E-state index contributed by atoms with van der Waals surface area (Å²) in [5.41, 5.74) is 1.11. The molecule has 1 aromatic rings. The first-order valence-electron chi connectivity index (χ1n) is 9.57. The highest BCUT2D eigenvalue weighted by Gasteiger charge is 2.23. The molecule has 2 rings (SSSR count). The zero-order valence-corrected chi connectivity index (χ0v) is 16.9. The summed E-state index contributed by atoms with van der Waals surface area (Å²) in [6, 6.07) is 5.95. The molecule has 0 unspecified atom stereocenters. The predicted octanol–water partition coefficient (Wildman–Crippen LogP) is 2.02. The molecule has 150 valence electrons. The first kappa shape index (κ1) is 20.9. The lowest BCUT2D eigenvalue weighted by Crippen LogP contribution is -2.45. The van der Waals surface area contributed by atoms with E-state index < -0.39 is 0 Å². The van der Waals surface area contributed by atoms with Crippen LogP contribution in [0.2, 0.25) is 0 Å². The van der Waals surface area contributed by atoms with Gasteiger partial charge in [0.1, 0.15) is 0 Å². The lowest BCUT2D eigenvalue weighted by atomic mass is 9.93. The number of amides is 1. The minimum atomic E-state index is 0.126. The Kier molecular flexibility index (Phi) is 8.23. The molecule has 0 aromatic heterocycles. The Morgan fingerprint density at radius 1 is 1.30 bits per heavy atom. The fourth-order valence-electron chi connectivity index (χ4n) is 3.33. The number of benzene rings is 1. The molecule has 1 aromatic carbocycles. The van der Waals surface area contributed by atoms with Crippen LogP contribution in [0.15, 0.2) is 23.2 Å². The molecule has 7 heteroatoms. The van der Waals surface area contributed by atoms with Gasteiger partial charge in [-0.25, -0.2) is 0 Å². The largest absolute Gasteiger partial charge is 0.493 e. The maximum atomic E-state index is 11.6. The van der Waals surface area contributed by atoms with Crippen LogP contribution >= 0.6 is 0 Å². The number of nitrogens with zero attached hydrogens (tertiary/aromatic N) is 2. The first-order chi connectivity index (χ1) is 13.1. The average Bonchev–Trinajstić information content (AvgIpc) is 2.70. The van der Waals surface area contributed by atoms with Crippen LogP contribution in [0.5, 0.6) is 11.5 Å². The van der Waals surface area contributed by atoms with Gasteiger partial charge in [0.15, 0.2) is 17.5 Å². The van der Waals surface area contributed by atoms with E-state index in [4.69, 9.17) is 9.47 Å². The van der Waals surface area contributed by atoms with Crippen LogP contribution in [0.4, 0.5) is 0 Å². The summed E-state index contributed by atoms with van der Waals surface area (Å²) in [7, 11) is 5.14. The molecule has 1 saturated heterocycles. The Bertz CT molecular complexity index is 640. The molecule has 0 saturated carbocycles. The van der Waals surface area contributed by atoms with Gasteiger partial charge < -0.3 is 25.0 Å². The summed E-state index contributed by atoms with van der Waals surface area (Å²) in [5.74, 6) is 2.96. The average molecular weight is 377 g/mol. The molecule has 1 aliphatic rings. The number of ether oxygens (including phenoxy) is 2. The third-order valence-corrected chi connectivity index (χ3v) is 4.86.